The molecular weight excluding hydrogens is 302 g/mol. The van der Waals surface area contributed by atoms with Gasteiger partial charge in [-0.05, 0) is 63.4 Å². The fourth-order valence-corrected chi connectivity index (χ4v) is 3.75. The van der Waals surface area contributed by atoms with E-state index < -0.39 is 28.9 Å². The van der Waals surface area contributed by atoms with Crippen LogP contribution < -0.4 is 0 Å². The highest BCUT2D eigenvalue weighted by atomic mass is 19.1. The number of rotatable bonds is 2. The summed E-state index contributed by atoms with van der Waals surface area (Å²) in [5.74, 6) is -2.48. The number of hydrogen-bond acceptors (Lipinski definition) is 3. The van der Waals surface area contributed by atoms with Crippen molar-refractivity contribution in [3.63, 3.8) is 0 Å². The van der Waals surface area contributed by atoms with E-state index in [0.29, 0.717) is 24.9 Å². The molecule has 0 spiro atoms. The van der Waals surface area contributed by atoms with Crippen LogP contribution in [0.5, 0.6) is 5.75 Å². The lowest BCUT2D eigenvalue weighted by atomic mass is 9.84. The molecule has 3 rings (SSSR count). The number of piperidine rings is 1. The van der Waals surface area contributed by atoms with Crippen molar-refractivity contribution in [1.82, 2.24) is 9.80 Å². The Morgan fingerprint density at radius 3 is 2.48 bits per heavy atom. The standard InChI is InChI=1S/C17H22F2N2O2/c1-20-7-4-11(5-8-20)12-6-9-21(10-12)17(23)15-13(18)2-3-14(22)16(15)19/h2-3,11-12,22H,4-10H2,1H3. The lowest BCUT2D eigenvalue weighted by Crippen LogP contribution is -2.35. The summed E-state index contributed by atoms with van der Waals surface area (Å²) in [6.07, 6.45) is 3.10. The monoisotopic (exact) mass is 324 g/mol. The number of phenolic OH excluding ortho intramolecular Hbond substituents is 1. The van der Waals surface area contributed by atoms with Crippen LogP contribution in [0.25, 0.3) is 0 Å². The first-order valence-corrected chi connectivity index (χ1v) is 8.12. The molecule has 0 saturated carbocycles. The summed E-state index contributed by atoms with van der Waals surface area (Å²) in [6.45, 7) is 3.18. The predicted octanol–water partition coefficient (Wildman–Crippen LogP) is 2.47. The van der Waals surface area contributed by atoms with E-state index in [4.69, 9.17) is 0 Å². The molecule has 1 atom stereocenters. The molecule has 0 radical (unpaired) electrons. The zero-order chi connectivity index (χ0) is 16.6. The van der Waals surface area contributed by atoms with Crippen LogP contribution in [0.3, 0.4) is 0 Å². The Labute approximate surface area is 134 Å². The molecule has 1 N–H and O–H groups in total. The number of amides is 1. The summed E-state index contributed by atoms with van der Waals surface area (Å²) < 4.78 is 27.7. The highest BCUT2D eigenvalue weighted by Crippen LogP contribution is 2.33. The SMILES string of the molecule is CN1CCC(C2CCN(C(=O)c3c(F)ccc(O)c3F)C2)CC1. The maximum Gasteiger partial charge on any atom is 0.259 e. The number of likely N-dealkylation sites (tertiary alicyclic amines) is 2. The van der Waals surface area contributed by atoms with Gasteiger partial charge >= 0.3 is 0 Å². The van der Waals surface area contributed by atoms with Gasteiger partial charge in [0.1, 0.15) is 11.4 Å². The highest BCUT2D eigenvalue weighted by molar-refractivity contribution is 5.95. The van der Waals surface area contributed by atoms with Crippen molar-refractivity contribution in [2.24, 2.45) is 11.8 Å². The minimum atomic E-state index is -1.17. The molecule has 1 aromatic carbocycles. The second-order valence-electron chi connectivity index (χ2n) is 6.70. The van der Waals surface area contributed by atoms with E-state index in [2.05, 4.69) is 11.9 Å². The van der Waals surface area contributed by atoms with Crippen molar-refractivity contribution in [2.45, 2.75) is 19.3 Å². The lowest BCUT2D eigenvalue weighted by molar-refractivity contribution is 0.0765. The molecule has 4 nitrogen and oxygen atoms in total. The van der Waals surface area contributed by atoms with E-state index >= 15 is 0 Å². The van der Waals surface area contributed by atoms with Crippen molar-refractivity contribution in [2.75, 3.05) is 33.2 Å². The largest absolute Gasteiger partial charge is 0.505 e. The first kappa shape index (κ1) is 16.2. The topological polar surface area (TPSA) is 43.8 Å². The van der Waals surface area contributed by atoms with E-state index in [0.717, 1.165) is 44.5 Å². The van der Waals surface area contributed by atoms with Crippen LogP contribution in [0.2, 0.25) is 0 Å². The van der Waals surface area contributed by atoms with E-state index in [1.165, 1.54) is 4.90 Å². The van der Waals surface area contributed by atoms with Gasteiger partial charge < -0.3 is 14.9 Å². The third kappa shape index (κ3) is 3.17. The van der Waals surface area contributed by atoms with Gasteiger partial charge in [0.2, 0.25) is 0 Å². The molecular formula is C17H22F2N2O2. The molecule has 2 heterocycles. The van der Waals surface area contributed by atoms with Gasteiger partial charge in [-0.15, -0.1) is 0 Å². The fraction of sp³-hybridized carbons (Fsp3) is 0.588. The first-order chi connectivity index (χ1) is 11.0. The molecule has 2 fully saturated rings. The van der Waals surface area contributed by atoms with Crippen LogP contribution in [0.1, 0.15) is 29.6 Å². The molecule has 2 aliphatic heterocycles. The van der Waals surface area contributed by atoms with Gasteiger partial charge in [0.15, 0.2) is 11.6 Å². The Balaban J connectivity index is 1.70. The van der Waals surface area contributed by atoms with Gasteiger partial charge in [-0.1, -0.05) is 0 Å². The number of carbonyl (C=O) groups is 1. The molecule has 0 aromatic heterocycles. The Morgan fingerprint density at radius 1 is 1.13 bits per heavy atom. The summed E-state index contributed by atoms with van der Waals surface area (Å²) >= 11 is 0. The summed E-state index contributed by atoms with van der Waals surface area (Å²) in [5, 5.41) is 9.38. The lowest BCUT2D eigenvalue weighted by Gasteiger charge is -2.32. The number of halogens is 2. The molecule has 6 heteroatoms. The van der Waals surface area contributed by atoms with Gasteiger partial charge in [0.05, 0.1) is 0 Å². The van der Waals surface area contributed by atoms with Crippen molar-refractivity contribution >= 4 is 5.91 Å². The summed E-state index contributed by atoms with van der Waals surface area (Å²) in [7, 11) is 2.11. The number of phenols is 1. The van der Waals surface area contributed by atoms with E-state index in [1.807, 2.05) is 0 Å². The Bertz CT molecular complexity index is 601. The van der Waals surface area contributed by atoms with Crippen LogP contribution >= 0.6 is 0 Å². The van der Waals surface area contributed by atoms with Crippen LogP contribution in [0.4, 0.5) is 8.78 Å². The normalized spacial score (nSPS) is 23.4. The highest BCUT2D eigenvalue weighted by Gasteiger charge is 2.35. The Hall–Kier alpha value is -1.69. The van der Waals surface area contributed by atoms with E-state index in [9.17, 15) is 18.7 Å². The number of carbonyl (C=O) groups excluding carboxylic acids is 1. The van der Waals surface area contributed by atoms with Crippen LogP contribution in [-0.2, 0) is 0 Å². The quantitative estimate of drug-likeness (QED) is 0.909. The van der Waals surface area contributed by atoms with Crippen LogP contribution in [0.15, 0.2) is 12.1 Å². The summed E-state index contributed by atoms with van der Waals surface area (Å²) in [5.41, 5.74) is -0.644. The van der Waals surface area contributed by atoms with Gasteiger partial charge in [-0.3, -0.25) is 4.79 Å². The van der Waals surface area contributed by atoms with Gasteiger partial charge in [0, 0.05) is 13.1 Å². The number of benzene rings is 1. The van der Waals surface area contributed by atoms with E-state index in [-0.39, 0.29) is 0 Å². The van der Waals surface area contributed by atoms with E-state index in [1.54, 1.807) is 0 Å². The summed E-state index contributed by atoms with van der Waals surface area (Å²) in [4.78, 5) is 16.3. The van der Waals surface area contributed by atoms with Crippen molar-refractivity contribution in [1.29, 1.82) is 0 Å². The zero-order valence-electron chi connectivity index (χ0n) is 13.3. The predicted molar refractivity (Wildman–Crippen MR) is 82.3 cm³/mol. The third-order valence-electron chi connectivity index (χ3n) is 5.23. The molecule has 2 saturated heterocycles. The van der Waals surface area contributed by atoms with Crippen molar-refractivity contribution in [3.8, 4) is 5.75 Å². The molecule has 2 aliphatic rings. The minimum absolute atomic E-state index is 0.399. The van der Waals surface area contributed by atoms with Crippen LogP contribution in [-0.4, -0.2) is 54.0 Å². The third-order valence-corrected chi connectivity index (χ3v) is 5.23. The Morgan fingerprint density at radius 2 is 1.78 bits per heavy atom. The smallest absolute Gasteiger partial charge is 0.259 e. The number of hydrogen-bond donors (Lipinski definition) is 1. The maximum atomic E-state index is 13.9. The molecule has 1 unspecified atom stereocenters. The fourth-order valence-electron chi connectivity index (χ4n) is 3.75. The Kier molecular flexibility index (Phi) is 4.53. The second-order valence-corrected chi connectivity index (χ2v) is 6.70. The average Bonchev–Trinajstić information content (AvgIpc) is 3.02. The molecule has 0 bridgehead atoms. The van der Waals surface area contributed by atoms with Gasteiger partial charge in [0.25, 0.3) is 5.91 Å². The average molecular weight is 324 g/mol. The summed E-state index contributed by atoms with van der Waals surface area (Å²) in [6, 6.07) is 1.85. The second kappa shape index (κ2) is 6.43. The number of nitrogens with zero attached hydrogens (tertiary/aromatic N) is 2. The zero-order valence-corrected chi connectivity index (χ0v) is 13.3. The molecule has 126 valence electrons. The molecule has 1 aromatic rings. The van der Waals surface area contributed by atoms with Crippen LogP contribution in [0, 0.1) is 23.5 Å². The van der Waals surface area contributed by atoms with Gasteiger partial charge in [-0.25, -0.2) is 8.78 Å². The molecule has 23 heavy (non-hydrogen) atoms. The first-order valence-electron chi connectivity index (χ1n) is 8.12. The van der Waals surface area contributed by atoms with Crippen molar-refractivity contribution < 1.29 is 18.7 Å². The molecule has 1 amide bonds. The van der Waals surface area contributed by atoms with Crippen molar-refractivity contribution in [3.05, 3.63) is 29.3 Å². The minimum Gasteiger partial charge on any atom is -0.505 e. The number of aromatic hydroxyl groups is 1. The maximum absolute atomic E-state index is 13.9. The van der Waals surface area contributed by atoms with Gasteiger partial charge in [-0.2, -0.15) is 0 Å². The molecule has 0 aliphatic carbocycles.